The van der Waals surface area contributed by atoms with Crippen molar-refractivity contribution in [3.8, 4) is 5.88 Å². The zero-order valence-corrected chi connectivity index (χ0v) is 14.8. The van der Waals surface area contributed by atoms with Gasteiger partial charge >= 0.3 is 6.09 Å². The molecule has 128 valence electrons. The highest BCUT2D eigenvalue weighted by molar-refractivity contribution is 6.29. The number of rotatable bonds is 2. The number of halogens is 1. The van der Waals surface area contributed by atoms with Crippen molar-refractivity contribution in [3.05, 3.63) is 17.5 Å². The molecule has 0 unspecified atom stereocenters. The number of ether oxygens (including phenoxy) is 2. The van der Waals surface area contributed by atoms with Gasteiger partial charge in [0.2, 0.25) is 5.88 Å². The summed E-state index contributed by atoms with van der Waals surface area (Å²) < 4.78 is 11.4. The van der Waals surface area contributed by atoms with Crippen LogP contribution in [0.1, 0.15) is 47.0 Å². The van der Waals surface area contributed by atoms with E-state index >= 15 is 0 Å². The number of amides is 1. The lowest BCUT2D eigenvalue weighted by Gasteiger charge is -2.30. The molecule has 23 heavy (non-hydrogen) atoms. The van der Waals surface area contributed by atoms with Gasteiger partial charge in [-0.05, 0) is 40.5 Å². The number of carbonyl (C=O) groups is 1. The fourth-order valence-corrected chi connectivity index (χ4v) is 2.73. The van der Waals surface area contributed by atoms with E-state index in [9.17, 15) is 4.79 Å². The lowest BCUT2D eigenvalue weighted by Crippen LogP contribution is -2.42. The third kappa shape index (κ3) is 5.53. The number of carbonyl (C=O) groups excluding carboxylic acids is 1. The van der Waals surface area contributed by atoms with Crippen molar-refractivity contribution in [2.24, 2.45) is 0 Å². The minimum absolute atomic E-state index is 0.0230. The molecule has 2 atom stereocenters. The van der Waals surface area contributed by atoms with E-state index in [4.69, 9.17) is 21.1 Å². The van der Waals surface area contributed by atoms with Gasteiger partial charge in [-0.1, -0.05) is 11.6 Å². The Hall–Kier alpha value is -1.56. The van der Waals surface area contributed by atoms with Crippen molar-refractivity contribution in [1.82, 2.24) is 14.9 Å². The molecule has 2 rings (SSSR count). The van der Waals surface area contributed by atoms with Crippen LogP contribution in [0.15, 0.2) is 12.4 Å². The van der Waals surface area contributed by atoms with Crippen molar-refractivity contribution in [1.29, 1.82) is 0 Å². The molecule has 7 heteroatoms. The van der Waals surface area contributed by atoms with Gasteiger partial charge < -0.3 is 14.4 Å². The molecular formula is C16H24ClN3O3. The van der Waals surface area contributed by atoms with Gasteiger partial charge in [0.05, 0.1) is 12.4 Å². The second-order valence-corrected chi connectivity index (χ2v) is 7.21. The predicted molar refractivity (Wildman–Crippen MR) is 87.7 cm³/mol. The zero-order chi connectivity index (χ0) is 17.0. The van der Waals surface area contributed by atoms with E-state index in [1.165, 1.54) is 6.20 Å². The first-order chi connectivity index (χ1) is 10.7. The Balaban J connectivity index is 1.97. The number of hydrogen-bond donors (Lipinski definition) is 0. The lowest BCUT2D eigenvalue weighted by atomic mass is 10.1. The minimum atomic E-state index is -0.491. The molecule has 1 aromatic heterocycles. The third-order valence-corrected chi connectivity index (χ3v) is 3.74. The molecule has 0 saturated carbocycles. The molecule has 0 aromatic carbocycles. The van der Waals surface area contributed by atoms with Crippen molar-refractivity contribution in [3.63, 3.8) is 0 Å². The van der Waals surface area contributed by atoms with Crippen molar-refractivity contribution < 1.29 is 14.3 Å². The molecule has 0 spiro atoms. The average Bonchev–Trinajstić information content (AvgIpc) is 2.58. The molecule has 0 radical (unpaired) electrons. The summed E-state index contributed by atoms with van der Waals surface area (Å²) in [5, 5.41) is 0.305. The molecular weight excluding hydrogens is 318 g/mol. The Morgan fingerprint density at radius 1 is 1.39 bits per heavy atom. The predicted octanol–water partition coefficient (Wildman–Crippen LogP) is 3.69. The molecule has 0 bridgehead atoms. The molecule has 0 N–H and O–H groups in total. The molecule has 1 amide bonds. The van der Waals surface area contributed by atoms with Gasteiger partial charge in [-0.3, -0.25) is 4.98 Å². The monoisotopic (exact) mass is 341 g/mol. The fourth-order valence-electron chi connectivity index (χ4n) is 2.59. The largest absolute Gasteiger partial charge is 0.473 e. The Morgan fingerprint density at radius 3 is 2.78 bits per heavy atom. The Kier molecular flexibility index (Phi) is 5.68. The number of nitrogens with zero attached hydrogens (tertiary/aromatic N) is 3. The van der Waals surface area contributed by atoms with Gasteiger partial charge in [0, 0.05) is 19.0 Å². The van der Waals surface area contributed by atoms with Gasteiger partial charge in [-0.15, -0.1) is 0 Å². The molecule has 1 saturated heterocycles. The summed E-state index contributed by atoms with van der Waals surface area (Å²) in [6, 6.07) is 0.0319. The van der Waals surface area contributed by atoms with E-state index in [0.717, 1.165) is 12.8 Å². The molecule has 2 heterocycles. The van der Waals surface area contributed by atoms with Crippen LogP contribution in [0.25, 0.3) is 0 Å². The van der Waals surface area contributed by atoms with E-state index in [0.29, 0.717) is 24.0 Å². The van der Waals surface area contributed by atoms with Gasteiger partial charge in [0.15, 0.2) is 5.15 Å². The number of hydrogen-bond acceptors (Lipinski definition) is 5. The van der Waals surface area contributed by atoms with Crippen LogP contribution in [-0.2, 0) is 4.74 Å². The van der Waals surface area contributed by atoms with Crippen molar-refractivity contribution in [2.45, 2.75) is 64.7 Å². The molecule has 1 aromatic rings. The lowest BCUT2D eigenvalue weighted by molar-refractivity contribution is 0.0169. The molecule has 6 nitrogen and oxygen atoms in total. The molecule has 1 aliphatic rings. The highest BCUT2D eigenvalue weighted by atomic mass is 35.5. The van der Waals surface area contributed by atoms with Crippen LogP contribution in [0.5, 0.6) is 5.88 Å². The van der Waals surface area contributed by atoms with Crippen LogP contribution < -0.4 is 4.74 Å². The summed E-state index contributed by atoms with van der Waals surface area (Å²) in [6.45, 7) is 8.29. The standard InChI is InChI=1S/C16H24ClN3O3/c1-11-8-12(22-14-10-18-9-13(17)19-14)6-5-7-20(11)15(21)23-16(2,3)4/h9-12H,5-8H2,1-4H3/t11-,12-/m0/s1. The zero-order valence-electron chi connectivity index (χ0n) is 14.1. The van der Waals surface area contributed by atoms with Crippen LogP contribution in [-0.4, -0.2) is 45.3 Å². The van der Waals surface area contributed by atoms with E-state index in [1.807, 2.05) is 27.7 Å². The van der Waals surface area contributed by atoms with E-state index in [2.05, 4.69) is 9.97 Å². The maximum Gasteiger partial charge on any atom is 0.410 e. The first-order valence-corrected chi connectivity index (χ1v) is 8.26. The second-order valence-electron chi connectivity index (χ2n) is 6.82. The first kappa shape index (κ1) is 17.8. The van der Waals surface area contributed by atoms with E-state index in [-0.39, 0.29) is 18.2 Å². The summed E-state index contributed by atoms with van der Waals surface area (Å²) in [5.41, 5.74) is -0.491. The Bertz CT molecular complexity index is 548. The summed E-state index contributed by atoms with van der Waals surface area (Å²) in [4.78, 5) is 22.2. The third-order valence-electron chi connectivity index (χ3n) is 3.56. The van der Waals surface area contributed by atoms with Gasteiger partial charge in [0.1, 0.15) is 11.7 Å². The van der Waals surface area contributed by atoms with Crippen LogP contribution >= 0.6 is 11.6 Å². The fraction of sp³-hybridized carbons (Fsp3) is 0.688. The number of aromatic nitrogens is 2. The summed E-state index contributed by atoms with van der Waals surface area (Å²) in [6.07, 6.45) is 5.13. The number of likely N-dealkylation sites (tertiary alicyclic amines) is 1. The SMILES string of the molecule is C[C@H]1C[C@@H](Oc2cncc(Cl)n2)CCCN1C(=O)OC(C)(C)C. The molecule has 0 aliphatic carbocycles. The maximum absolute atomic E-state index is 12.3. The van der Waals surface area contributed by atoms with Crippen molar-refractivity contribution >= 4 is 17.7 Å². The van der Waals surface area contributed by atoms with Gasteiger partial charge in [0.25, 0.3) is 0 Å². The van der Waals surface area contributed by atoms with Crippen molar-refractivity contribution in [2.75, 3.05) is 6.54 Å². The summed E-state index contributed by atoms with van der Waals surface area (Å²) >= 11 is 5.83. The highest BCUT2D eigenvalue weighted by Gasteiger charge is 2.30. The van der Waals surface area contributed by atoms with Crippen LogP contribution in [0.3, 0.4) is 0 Å². The minimum Gasteiger partial charge on any atom is -0.473 e. The molecule has 1 fully saturated rings. The quantitative estimate of drug-likeness (QED) is 0.820. The smallest absolute Gasteiger partial charge is 0.410 e. The highest BCUT2D eigenvalue weighted by Crippen LogP contribution is 2.23. The topological polar surface area (TPSA) is 64.6 Å². The first-order valence-electron chi connectivity index (χ1n) is 7.88. The van der Waals surface area contributed by atoms with Crippen LogP contribution in [0, 0.1) is 0 Å². The van der Waals surface area contributed by atoms with Crippen LogP contribution in [0.2, 0.25) is 5.15 Å². The normalized spacial score (nSPS) is 22.4. The summed E-state index contributed by atoms with van der Waals surface area (Å²) in [5.74, 6) is 0.417. The molecule has 1 aliphatic heterocycles. The van der Waals surface area contributed by atoms with Gasteiger partial charge in [-0.2, -0.15) is 4.98 Å². The summed E-state index contributed by atoms with van der Waals surface area (Å²) in [7, 11) is 0. The maximum atomic E-state index is 12.3. The van der Waals surface area contributed by atoms with E-state index in [1.54, 1.807) is 11.1 Å². The second kappa shape index (κ2) is 7.34. The van der Waals surface area contributed by atoms with Gasteiger partial charge in [-0.25, -0.2) is 4.79 Å². The average molecular weight is 342 g/mol. The Morgan fingerprint density at radius 2 is 2.13 bits per heavy atom. The Labute approximate surface area is 142 Å². The van der Waals surface area contributed by atoms with E-state index < -0.39 is 5.60 Å². The van der Waals surface area contributed by atoms with Crippen LogP contribution in [0.4, 0.5) is 4.79 Å².